The third-order valence-electron chi connectivity index (χ3n) is 2.54. The van der Waals surface area contributed by atoms with Gasteiger partial charge in [-0.15, -0.1) is 0 Å². The summed E-state index contributed by atoms with van der Waals surface area (Å²) >= 11 is 0. The minimum atomic E-state index is -0.125. The maximum Gasteiger partial charge on any atom is 0.236 e. The Balaban J connectivity index is 3.60. The average molecular weight is 244 g/mol. The van der Waals surface area contributed by atoms with Crippen molar-refractivity contribution in [2.75, 3.05) is 26.8 Å². The lowest BCUT2D eigenvalue weighted by molar-refractivity contribution is -0.122. The average Bonchev–Trinajstić information content (AvgIpc) is 2.22. The number of rotatable bonds is 8. The lowest BCUT2D eigenvalue weighted by atomic mass is 9.92. The first-order valence-corrected chi connectivity index (χ1v) is 6.37. The van der Waals surface area contributed by atoms with Crippen molar-refractivity contribution in [1.82, 2.24) is 10.6 Å². The van der Waals surface area contributed by atoms with Gasteiger partial charge < -0.3 is 15.4 Å². The van der Waals surface area contributed by atoms with Crippen LogP contribution in [0.3, 0.4) is 0 Å². The summed E-state index contributed by atoms with van der Waals surface area (Å²) in [6.07, 6.45) is 1.92. The Morgan fingerprint density at radius 2 is 1.94 bits per heavy atom. The Morgan fingerprint density at radius 3 is 2.47 bits per heavy atom. The molecule has 0 heterocycles. The highest BCUT2D eigenvalue weighted by molar-refractivity contribution is 5.81. The summed E-state index contributed by atoms with van der Waals surface area (Å²) in [6.45, 7) is 10.7. The molecule has 0 spiro atoms. The highest BCUT2D eigenvalue weighted by atomic mass is 16.5. The molecule has 0 rings (SSSR count). The van der Waals surface area contributed by atoms with E-state index in [4.69, 9.17) is 4.74 Å². The van der Waals surface area contributed by atoms with E-state index in [9.17, 15) is 4.79 Å². The molecule has 0 radical (unpaired) electrons. The highest BCUT2D eigenvalue weighted by Gasteiger charge is 2.14. The second-order valence-corrected chi connectivity index (χ2v) is 5.62. The van der Waals surface area contributed by atoms with E-state index in [2.05, 4.69) is 31.4 Å². The summed E-state index contributed by atoms with van der Waals surface area (Å²) in [4.78, 5) is 11.6. The van der Waals surface area contributed by atoms with Gasteiger partial charge in [-0.3, -0.25) is 4.79 Å². The number of carbonyl (C=O) groups excluding carboxylic acids is 1. The smallest absolute Gasteiger partial charge is 0.236 e. The monoisotopic (exact) mass is 244 g/mol. The molecule has 4 heteroatoms. The molecule has 0 saturated carbocycles. The van der Waals surface area contributed by atoms with E-state index in [0.717, 1.165) is 19.4 Å². The van der Waals surface area contributed by atoms with Crippen molar-refractivity contribution in [3.8, 4) is 0 Å². The molecule has 1 atom stereocenters. The van der Waals surface area contributed by atoms with Gasteiger partial charge in [-0.25, -0.2) is 0 Å². The molecule has 0 fully saturated rings. The Hall–Kier alpha value is -0.610. The Labute approximate surface area is 105 Å². The molecule has 102 valence electrons. The van der Waals surface area contributed by atoms with Gasteiger partial charge in [-0.2, -0.15) is 0 Å². The van der Waals surface area contributed by atoms with Gasteiger partial charge in [0.25, 0.3) is 0 Å². The summed E-state index contributed by atoms with van der Waals surface area (Å²) < 4.78 is 4.92. The Bertz CT molecular complexity index is 212. The summed E-state index contributed by atoms with van der Waals surface area (Å²) in [5.74, 6) is 0.0648. The fraction of sp³-hybridized carbons (Fsp3) is 0.923. The van der Waals surface area contributed by atoms with Gasteiger partial charge in [-0.1, -0.05) is 20.8 Å². The number of hydrogen-bond donors (Lipinski definition) is 2. The van der Waals surface area contributed by atoms with Crippen LogP contribution in [-0.2, 0) is 9.53 Å². The van der Waals surface area contributed by atoms with Gasteiger partial charge in [0.2, 0.25) is 5.91 Å². The van der Waals surface area contributed by atoms with Crippen LogP contribution in [0.4, 0.5) is 0 Å². The third kappa shape index (κ3) is 10.3. The molecule has 2 N–H and O–H groups in total. The molecule has 0 saturated heterocycles. The molecular formula is C13H28N2O2. The predicted molar refractivity (Wildman–Crippen MR) is 71.0 cm³/mol. The summed E-state index contributed by atoms with van der Waals surface area (Å²) in [5.41, 5.74) is 0.307. The van der Waals surface area contributed by atoms with Crippen molar-refractivity contribution >= 4 is 5.91 Å². The molecule has 0 aromatic heterocycles. The van der Waals surface area contributed by atoms with Crippen LogP contribution in [0.1, 0.15) is 40.5 Å². The van der Waals surface area contributed by atoms with Crippen LogP contribution in [-0.4, -0.2) is 38.8 Å². The SMILES string of the molecule is COCCCNC(=O)C(C)NCCC(C)(C)C. The highest BCUT2D eigenvalue weighted by Crippen LogP contribution is 2.16. The normalized spacial score (nSPS) is 13.5. The van der Waals surface area contributed by atoms with Crippen LogP contribution in [0.5, 0.6) is 0 Å². The zero-order chi connectivity index (χ0) is 13.3. The lowest BCUT2D eigenvalue weighted by Gasteiger charge is -2.20. The number of carbonyl (C=O) groups is 1. The minimum absolute atomic E-state index is 0.0648. The van der Waals surface area contributed by atoms with Gasteiger partial charge in [0.1, 0.15) is 0 Å². The van der Waals surface area contributed by atoms with Gasteiger partial charge in [0.15, 0.2) is 0 Å². The van der Waals surface area contributed by atoms with Crippen molar-refractivity contribution in [3.63, 3.8) is 0 Å². The second kappa shape index (κ2) is 8.48. The first-order valence-electron chi connectivity index (χ1n) is 6.37. The number of nitrogens with one attached hydrogen (secondary N) is 2. The topological polar surface area (TPSA) is 50.4 Å². The molecular weight excluding hydrogens is 216 g/mol. The number of methoxy groups -OCH3 is 1. The van der Waals surface area contributed by atoms with E-state index in [-0.39, 0.29) is 11.9 Å². The summed E-state index contributed by atoms with van der Waals surface area (Å²) in [6, 6.07) is -0.125. The van der Waals surface area contributed by atoms with Crippen LogP contribution in [0, 0.1) is 5.41 Å². The third-order valence-corrected chi connectivity index (χ3v) is 2.54. The van der Waals surface area contributed by atoms with Crippen molar-refractivity contribution in [2.45, 2.75) is 46.6 Å². The fourth-order valence-electron chi connectivity index (χ4n) is 1.34. The van der Waals surface area contributed by atoms with Crippen LogP contribution in [0.15, 0.2) is 0 Å². The maximum absolute atomic E-state index is 11.6. The fourth-order valence-corrected chi connectivity index (χ4v) is 1.34. The minimum Gasteiger partial charge on any atom is -0.385 e. The zero-order valence-corrected chi connectivity index (χ0v) is 11.9. The Kier molecular flexibility index (Phi) is 8.17. The molecule has 0 aliphatic heterocycles. The molecule has 4 nitrogen and oxygen atoms in total. The molecule has 17 heavy (non-hydrogen) atoms. The molecule has 1 unspecified atom stereocenters. The molecule has 0 aliphatic rings. The maximum atomic E-state index is 11.6. The van der Waals surface area contributed by atoms with Crippen LogP contribution >= 0.6 is 0 Å². The molecule has 0 bridgehead atoms. The van der Waals surface area contributed by atoms with Crippen LogP contribution < -0.4 is 10.6 Å². The zero-order valence-electron chi connectivity index (χ0n) is 11.9. The Morgan fingerprint density at radius 1 is 1.29 bits per heavy atom. The number of ether oxygens (including phenoxy) is 1. The first kappa shape index (κ1) is 16.4. The lowest BCUT2D eigenvalue weighted by Crippen LogP contribution is -2.43. The summed E-state index contributed by atoms with van der Waals surface area (Å²) in [5, 5.41) is 6.12. The van der Waals surface area contributed by atoms with Gasteiger partial charge >= 0.3 is 0 Å². The summed E-state index contributed by atoms with van der Waals surface area (Å²) in [7, 11) is 1.67. The number of hydrogen-bond acceptors (Lipinski definition) is 3. The first-order chi connectivity index (χ1) is 7.87. The van der Waals surface area contributed by atoms with E-state index >= 15 is 0 Å². The van der Waals surface area contributed by atoms with E-state index in [1.54, 1.807) is 7.11 Å². The van der Waals surface area contributed by atoms with Crippen LogP contribution in [0.25, 0.3) is 0 Å². The van der Waals surface area contributed by atoms with E-state index in [1.165, 1.54) is 0 Å². The van der Waals surface area contributed by atoms with Crippen LogP contribution in [0.2, 0.25) is 0 Å². The molecule has 1 amide bonds. The van der Waals surface area contributed by atoms with E-state index < -0.39 is 0 Å². The van der Waals surface area contributed by atoms with Crippen molar-refractivity contribution in [1.29, 1.82) is 0 Å². The van der Waals surface area contributed by atoms with Crippen molar-refractivity contribution < 1.29 is 9.53 Å². The van der Waals surface area contributed by atoms with Crippen molar-refractivity contribution in [3.05, 3.63) is 0 Å². The largest absolute Gasteiger partial charge is 0.385 e. The second-order valence-electron chi connectivity index (χ2n) is 5.62. The van der Waals surface area contributed by atoms with Gasteiger partial charge in [-0.05, 0) is 31.7 Å². The van der Waals surface area contributed by atoms with Crippen molar-refractivity contribution in [2.24, 2.45) is 5.41 Å². The quantitative estimate of drug-likeness (QED) is 0.637. The molecule has 0 aromatic carbocycles. The van der Waals surface area contributed by atoms with Gasteiger partial charge in [0, 0.05) is 20.3 Å². The predicted octanol–water partition coefficient (Wildman–Crippen LogP) is 1.55. The molecule has 0 aliphatic carbocycles. The van der Waals surface area contributed by atoms with E-state index in [0.29, 0.717) is 18.6 Å². The standard InChI is InChI=1S/C13H28N2O2/c1-11(14-9-7-13(2,3)4)12(16)15-8-6-10-17-5/h11,14H,6-10H2,1-5H3,(H,15,16). The van der Waals surface area contributed by atoms with E-state index in [1.807, 2.05) is 6.92 Å². The molecule has 0 aromatic rings. The number of amides is 1. The van der Waals surface area contributed by atoms with Gasteiger partial charge in [0.05, 0.1) is 6.04 Å².